The minimum Gasteiger partial charge on any atom is -0.395 e. The largest absolute Gasteiger partial charge is 0.395 e. The Morgan fingerprint density at radius 1 is 1.53 bits per heavy atom. The highest BCUT2D eigenvalue weighted by Gasteiger charge is 2.34. The van der Waals surface area contributed by atoms with Crippen LogP contribution in [0.2, 0.25) is 0 Å². The van der Waals surface area contributed by atoms with Gasteiger partial charge in [-0.25, -0.2) is 12.8 Å². The maximum atomic E-state index is 13.1. The standard InChI is InChI=1S/C12H16FNO4S/c1-9-6-10(13)2-3-12(9)19(16,17)14-4-5-18-8-11(14)7-15/h2-3,6,11,15H,4-5,7-8H2,1H3. The summed E-state index contributed by atoms with van der Waals surface area (Å²) in [7, 11) is -3.74. The first-order valence-corrected chi connectivity index (χ1v) is 7.37. The summed E-state index contributed by atoms with van der Waals surface area (Å²) in [5.74, 6) is -0.475. The zero-order valence-corrected chi connectivity index (χ0v) is 11.4. The highest BCUT2D eigenvalue weighted by molar-refractivity contribution is 7.89. The average Bonchev–Trinajstić information content (AvgIpc) is 2.38. The van der Waals surface area contributed by atoms with Crippen LogP contribution in [0.3, 0.4) is 0 Å². The molecule has 7 heteroatoms. The van der Waals surface area contributed by atoms with E-state index in [2.05, 4.69) is 0 Å². The van der Waals surface area contributed by atoms with Crippen LogP contribution in [0.1, 0.15) is 5.56 Å². The molecule has 0 bridgehead atoms. The summed E-state index contributed by atoms with van der Waals surface area (Å²) in [5.41, 5.74) is 0.350. The summed E-state index contributed by atoms with van der Waals surface area (Å²) in [6.45, 7) is 1.88. The highest BCUT2D eigenvalue weighted by atomic mass is 32.2. The number of hydrogen-bond donors (Lipinski definition) is 1. The van der Waals surface area contributed by atoms with E-state index in [4.69, 9.17) is 4.74 Å². The minimum absolute atomic E-state index is 0.0641. The van der Waals surface area contributed by atoms with Crippen LogP contribution in [0.4, 0.5) is 4.39 Å². The van der Waals surface area contributed by atoms with Crippen LogP contribution >= 0.6 is 0 Å². The van der Waals surface area contributed by atoms with E-state index >= 15 is 0 Å². The monoisotopic (exact) mass is 289 g/mol. The first-order valence-electron chi connectivity index (χ1n) is 5.93. The molecule has 0 aliphatic carbocycles. The molecule has 1 aliphatic heterocycles. The molecule has 0 saturated carbocycles. The lowest BCUT2D eigenvalue weighted by Crippen LogP contribution is -2.50. The fraction of sp³-hybridized carbons (Fsp3) is 0.500. The Hall–Kier alpha value is -1.02. The second kappa shape index (κ2) is 5.54. The second-order valence-corrected chi connectivity index (χ2v) is 6.30. The van der Waals surface area contributed by atoms with E-state index in [-0.39, 0.29) is 31.3 Å². The number of ether oxygens (including phenoxy) is 1. The molecule has 0 aromatic heterocycles. The van der Waals surface area contributed by atoms with E-state index in [0.717, 1.165) is 6.07 Å². The van der Waals surface area contributed by atoms with E-state index < -0.39 is 21.9 Å². The Balaban J connectivity index is 2.40. The maximum absolute atomic E-state index is 13.1. The molecule has 1 saturated heterocycles. The van der Waals surface area contributed by atoms with Gasteiger partial charge in [-0.2, -0.15) is 4.31 Å². The lowest BCUT2D eigenvalue weighted by atomic mass is 10.2. The van der Waals surface area contributed by atoms with Crippen molar-refractivity contribution in [3.63, 3.8) is 0 Å². The van der Waals surface area contributed by atoms with Crippen LogP contribution in [0.15, 0.2) is 23.1 Å². The average molecular weight is 289 g/mol. The van der Waals surface area contributed by atoms with E-state index in [0.29, 0.717) is 5.56 Å². The number of hydrogen-bond acceptors (Lipinski definition) is 4. The third-order valence-electron chi connectivity index (χ3n) is 3.11. The Bertz CT molecular complexity index is 561. The Labute approximate surface area is 111 Å². The molecule has 1 aromatic rings. The van der Waals surface area contributed by atoms with Gasteiger partial charge in [0, 0.05) is 6.54 Å². The van der Waals surface area contributed by atoms with Gasteiger partial charge < -0.3 is 9.84 Å². The number of halogens is 1. The fourth-order valence-corrected chi connectivity index (χ4v) is 3.92. The van der Waals surface area contributed by atoms with E-state index in [1.165, 1.54) is 16.4 Å². The molecule has 0 spiro atoms. The van der Waals surface area contributed by atoms with Crippen LogP contribution in [-0.2, 0) is 14.8 Å². The van der Waals surface area contributed by atoms with E-state index in [1.54, 1.807) is 6.92 Å². The van der Waals surface area contributed by atoms with Gasteiger partial charge in [-0.15, -0.1) is 0 Å². The summed E-state index contributed by atoms with van der Waals surface area (Å²) >= 11 is 0. The van der Waals surface area contributed by atoms with Gasteiger partial charge in [0.25, 0.3) is 0 Å². The topological polar surface area (TPSA) is 66.8 Å². The summed E-state index contributed by atoms with van der Waals surface area (Å²) in [5, 5.41) is 9.24. The van der Waals surface area contributed by atoms with Gasteiger partial charge in [-0.1, -0.05) is 0 Å². The number of aliphatic hydroxyl groups excluding tert-OH is 1. The zero-order valence-electron chi connectivity index (χ0n) is 10.5. The van der Waals surface area contributed by atoms with Crippen LogP contribution in [0.5, 0.6) is 0 Å². The fourth-order valence-electron chi connectivity index (χ4n) is 2.13. The molecule has 2 rings (SSSR count). The number of rotatable bonds is 3. The van der Waals surface area contributed by atoms with Crippen LogP contribution in [0.25, 0.3) is 0 Å². The third kappa shape index (κ3) is 2.79. The second-order valence-electron chi connectivity index (χ2n) is 4.44. The van der Waals surface area contributed by atoms with Gasteiger partial charge in [0.05, 0.1) is 30.8 Å². The summed E-state index contributed by atoms with van der Waals surface area (Å²) < 4.78 is 44.5. The molecule has 1 N–H and O–H groups in total. The molecule has 1 atom stereocenters. The van der Waals surface area contributed by atoms with Crippen molar-refractivity contribution in [3.05, 3.63) is 29.6 Å². The van der Waals surface area contributed by atoms with Crippen molar-refractivity contribution in [3.8, 4) is 0 Å². The van der Waals surface area contributed by atoms with E-state index in [1.807, 2.05) is 0 Å². The zero-order chi connectivity index (χ0) is 14.0. The molecule has 1 heterocycles. The van der Waals surface area contributed by atoms with Crippen molar-refractivity contribution >= 4 is 10.0 Å². The number of aryl methyl sites for hydroxylation is 1. The Kier molecular flexibility index (Phi) is 4.19. The molecule has 106 valence electrons. The van der Waals surface area contributed by atoms with Gasteiger partial charge in [-0.05, 0) is 30.7 Å². The van der Waals surface area contributed by atoms with Crippen molar-refractivity contribution < 1.29 is 22.7 Å². The number of aliphatic hydroxyl groups is 1. The molecule has 1 aromatic carbocycles. The molecule has 0 amide bonds. The van der Waals surface area contributed by atoms with Crippen molar-refractivity contribution in [1.82, 2.24) is 4.31 Å². The van der Waals surface area contributed by atoms with Crippen molar-refractivity contribution in [1.29, 1.82) is 0 Å². The smallest absolute Gasteiger partial charge is 0.243 e. The normalized spacial score (nSPS) is 21.5. The molecule has 1 fully saturated rings. The first kappa shape index (κ1) is 14.4. The third-order valence-corrected chi connectivity index (χ3v) is 5.22. The SMILES string of the molecule is Cc1cc(F)ccc1S(=O)(=O)N1CCOCC1CO. The van der Waals surface area contributed by atoms with Gasteiger partial charge in [0.1, 0.15) is 5.82 Å². The predicted molar refractivity (Wildman–Crippen MR) is 66.7 cm³/mol. The van der Waals surface area contributed by atoms with Gasteiger partial charge >= 0.3 is 0 Å². The Morgan fingerprint density at radius 2 is 2.26 bits per heavy atom. The molecule has 0 radical (unpaired) electrons. The molecule has 1 aliphatic rings. The van der Waals surface area contributed by atoms with Crippen molar-refractivity contribution in [2.45, 2.75) is 17.9 Å². The van der Waals surface area contributed by atoms with Crippen molar-refractivity contribution in [2.75, 3.05) is 26.4 Å². The highest BCUT2D eigenvalue weighted by Crippen LogP contribution is 2.23. The molecule has 5 nitrogen and oxygen atoms in total. The van der Waals surface area contributed by atoms with Gasteiger partial charge in [0.15, 0.2) is 0 Å². The quantitative estimate of drug-likeness (QED) is 0.881. The van der Waals surface area contributed by atoms with Crippen LogP contribution < -0.4 is 0 Å². The number of nitrogens with zero attached hydrogens (tertiary/aromatic N) is 1. The number of sulfonamides is 1. The maximum Gasteiger partial charge on any atom is 0.243 e. The lowest BCUT2D eigenvalue weighted by Gasteiger charge is -2.33. The molecule has 1 unspecified atom stereocenters. The van der Waals surface area contributed by atoms with E-state index in [9.17, 15) is 17.9 Å². The van der Waals surface area contributed by atoms with Crippen LogP contribution in [0, 0.1) is 12.7 Å². The van der Waals surface area contributed by atoms with Crippen LogP contribution in [-0.4, -0.2) is 50.2 Å². The number of morpholine rings is 1. The van der Waals surface area contributed by atoms with Crippen molar-refractivity contribution in [2.24, 2.45) is 0 Å². The predicted octanol–water partition coefficient (Wildman–Crippen LogP) is 0.516. The molecule has 19 heavy (non-hydrogen) atoms. The van der Waals surface area contributed by atoms with Gasteiger partial charge in [0.2, 0.25) is 10.0 Å². The molecular formula is C12H16FNO4S. The molecular weight excluding hydrogens is 273 g/mol. The number of benzene rings is 1. The minimum atomic E-state index is -3.74. The van der Waals surface area contributed by atoms with Gasteiger partial charge in [-0.3, -0.25) is 0 Å². The Morgan fingerprint density at radius 3 is 2.89 bits per heavy atom. The first-order chi connectivity index (χ1) is 8.96. The lowest BCUT2D eigenvalue weighted by molar-refractivity contribution is 0.0109. The summed E-state index contributed by atoms with van der Waals surface area (Å²) in [4.78, 5) is 0.0641. The summed E-state index contributed by atoms with van der Waals surface area (Å²) in [6.07, 6.45) is 0. The summed E-state index contributed by atoms with van der Waals surface area (Å²) in [6, 6.07) is 2.96.